The van der Waals surface area contributed by atoms with E-state index in [4.69, 9.17) is 17.2 Å². The molecule has 11 N–H and O–H groups in total. The number of phenols is 1. The molecule has 0 spiro atoms. The highest BCUT2D eigenvalue weighted by molar-refractivity contribution is 5.94. The molecule has 3 amide bonds. The molecule has 0 aliphatic heterocycles. The Hall–Kier alpha value is -3.87. The molecule has 0 radical (unpaired) electrons. The third-order valence-electron chi connectivity index (χ3n) is 6.92. The van der Waals surface area contributed by atoms with Gasteiger partial charge in [-0.2, -0.15) is 0 Å². The lowest BCUT2D eigenvalue weighted by atomic mass is 9.95. The average Bonchev–Trinajstić information content (AvgIpc) is 2.92. The van der Waals surface area contributed by atoms with Crippen molar-refractivity contribution < 1.29 is 29.4 Å². The number of carbonyl (C=O) groups excluding carboxylic acids is 3. The van der Waals surface area contributed by atoms with Gasteiger partial charge in [0.1, 0.15) is 23.9 Å². The van der Waals surface area contributed by atoms with Gasteiger partial charge in [0.05, 0.1) is 6.04 Å². The maximum absolute atomic E-state index is 13.5. The zero-order valence-electron chi connectivity index (χ0n) is 23.7. The second-order valence-corrected chi connectivity index (χ2v) is 10.1. The first-order valence-corrected chi connectivity index (χ1v) is 13.5. The van der Waals surface area contributed by atoms with Crippen molar-refractivity contribution in [1.82, 2.24) is 16.0 Å². The van der Waals surface area contributed by atoms with Gasteiger partial charge in [0, 0.05) is 13.0 Å². The summed E-state index contributed by atoms with van der Waals surface area (Å²) >= 11 is 0. The van der Waals surface area contributed by atoms with Gasteiger partial charge in [-0.05, 0) is 42.4 Å². The molecule has 0 fully saturated rings. The number of guanidine groups is 1. The zero-order valence-corrected chi connectivity index (χ0v) is 23.7. The van der Waals surface area contributed by atoms with E-state index >= 15 is 0 Å². The van der Waals surface area contributed by atoms with Crippen molar-refractivity contribution in [2.45, 2.75) is 84.0 Å². The summed E-state index contributed by atoms with van der Waals surface area (Å²) in [4.78, 5) is 55.2. The summed E-state index contributed by atoms with van der Waals surface area (Å²) in [6.07, 6.45) is 1.59. The third-order valence-corrected chi connectivity index (χ3v) is 6.92. The van der Waals surface area contributed by atoms with Crippen molar-refractivity contribution in [2.24, 2.45) is 34.0 Å². The predicted molar refractivity (Wildman–Crippen MR) is 152 cm³/mol. The standard InChI is InChI=1S/C27H45N7O6/c1-5-15(3)21(28)24(37)34-22(16(4)6-2)25(38)33-20(14-17-9-11-18(35)12-10-17)23(36)32-19(26(39)40)8-7-13-31-27(29)30/h9-12,15-16,19-22,35H,5-8,13-14,28H2,1-4H3,(H,32,36)(H,33,38)(H,34,37)(H,39,40)(H4,29,30,31). The van der Waals surface area contributed by atoms with Crippen LogP contribution in [0.25, 0.3) is 0 Å². The molecule has 13 heteroatoms. The number of aliphatic carboxylic acids is 1. The second-order valence-electron chi connectivity index (χ2n) is 10.1. The highest BCUT2D eigenvalue weighted by Gasteiger charge is 2.33. The quantitative estimate of drug-likeness (QED) is 0.0719. The SMILES string of the molecule is CCC(C)C(N)C(=O)NC(C(=O)NC(Cc1ccc(O)cc1)C(=O)NC(CCCN=C(N)N)C(=O)O)C(C)CC. The van der Waals surface area contributed by atoms with Crippen LogP contribution in [0.3, 0.4) is 0 Å². The van der Waals surface area contributed by atoms with Crippen LogP contribution in [-0.2, 0) is 25.6 Å². The van der Waals surface area contributed by atoms with Gasteiger partial charge in [0.15, 0.2) is 5.96 Å². The van der Waals surface area contributed by atoms with Gasteiger partial charge < -0.3 is 43.4 Å². The first-order chi connectivity index (χ1) is 18.8. The predicted octanol–water partition coefficient (Wildman–Crippen LogP) is -0.0532. The minimum atomic E-state index is -1.25. The maximum atomic E-state index is 13.5. The molecule has 6 atom stereocenters. The smallest absolute Gasteiger partial charge is 0.326 e. The Kier molecular flexibility index (Phi) is 14.5. The van der Waals surface area contributed by atoms with Crippen molar-refractivity contribution in [2.75, 3.05) is 6.54 Å². The molecule has 0 heterocycles. The fraction of sp³-hybridized carbons (Fsp3) is 0.593. The molecule has 0 saturated carbocycles. The molecule has 1 rings (SSSR count). The number of rotatable bonds is 17. The summed E-state index contributed by atoms with van der Waals surface area (Å²) < 4.78 is 0. The number of carboxylic acid groups (broad SMARTS) is 1. The first kappa shape index (κ1) is 34.2. The summed E-state index contributed by atoms with van der Waals surface area (Å²) in [5.41, 5.74) is 17.3. The minimum absolute atomic E-state index is 0.00570. The summed E-state index contributed by atoms with van der Waals surface area (Å²) in [6.45, 7) is 7.60. The number of hydrogen-bond acceptors (Lipinski definition) is 7. The van der Waals surface area contributed by atoms with E-state index in [-0.39, 0.29) is 42.9 Å². The third kappa shape index (κ3) is 11.5. The molecule has 0 aliphatic rings. The fourth-order valence-corrected chi connectivity index (χ4v) is 3.84. The summed E-state index contributed by atoms with van der Waals surface area (Å²) in [5.74, 6) is -3.53. The summed E-state index contributed by atoms with van der Waals surface area (Å²) in [7, 11) is 0. The molecule has 0 saturated heterocycles. The number of nitrogens with one attached hydrogen (secondary N) is 3. The lowest BCUT2D eigenvalue weighted by Gasteiger charge is -2.29. The van der Waals surface area contributed by atoms with E-state index in [2.05, 4.69) is 20.9 Å². The highest BCUT2D eigenvalue weighted by atomic mass is 16.4. The lowest BCUT2D eigenvalue weighted by Crippen LogP contribution is -2.59. The largest absolute Gasteiger partial charge is 0.508 e. The van der Waals surface area contributed by atoms with Crippen LogP contribution in [0.4, 0.5) is 0 Å². The molecule has 1 aromatic carbocycles. The maximum Gasteiger partial charge on any atom is 0.326 e. The molecule has 0 aromatic heterocycles. The van der Waals surface area contributed by atoms with Gasteiger partial charge in [-0.3, -0.25) is 19.4 Å². The number of benzene rings is 1. The Morgan fingerprint density at radius 1 is 0.875 bits per heavy atom. The van der Waals surface area contributed by atoms with Gasteiger partial charge in [0.25, 0.3) is 0 Å². The first-order valence-electron chi connectivity index (χ1n) is 13.5. The van der Waals surface area contributed by atoms with E-state index in [1.54, 1.807) is 19.1 Å². The summed E-state index contributed by atoms with van der Waals surface area (Å²) in [6, 6.07) is 1.84. The van der Waals surface area contributed by atoms with Gasteiger partial charge in [-0.15, -0.1) is 0 Å². The van der Waals surface area contributed by atoms with Crippen molar-refractivity contribution in [3.63, 3.8) is 0 Å². The van der Waals surface area contributed by atoms with Crippen LogP contribution in [0.5, 0.6) is 5.75 Å². The topological polar surface area (TPSA) is 235 Å². The molecule has 1 aromatic rings. The van der Waals surface area contributed by atoms with Crippen LogP contribution in [0.15, 0.2) is 29.3 Å². The Balaban J connectivity index is 3.17. The fourth-order valence-electron chi connectivity index (χ4n) is 3.84. The molecule has 13 nitrogen and oxygen atoms in total. The number of nitrogens with two attached hydrogens (primary N) is 3. The van der Waals surface area contributed by atoms with Crippen molar-refractivity contribution in [3.05, 3.63) is 29.8 Å². The van der Waals surface area contributed by atoms with Crippen molar-refractivity contribution in [1.29, 1.82) is 0 Å². The Labute approximate surface area is 235 Å². The number of carboxylic acids is 1. The molecule has 0 aliphatic carbocycles. The number of nitrogens with zero attached hydrogens (tertiary/aromatic N) is 1. The number of phenolic OH excluding ortho intramolecular Hbond substituents is 1. The van der Waals surface area contributed by atoms with Gasteiger partial charge in [-0.25, -0.2) is 4.79 Å². The number of carbonyl (C=O) groups is 4. The summed E-state index contributed by atoms with van der Waals surface area (Å²) in [5, 5.41) is 27.2. The van der Waals surface area contributed by atoms with Crippen molar-refractivity contribution >= 4 is 29.7 Å². The monoisotopic (exact) mass is 563 g/mol. The number of aromatic hydroxyl groups is 1. The zero-order chi connectivity index (χ0) is 30.4. The molecule has 224 valence electrons. The Morgan fingerprint density at radius 2 is 1.45 bits per heavy atom. The number of hydrogen-bond donors (Lipinski definition) is 8. The minimum Gasteiger partial charge on any atom is -0.508 e. The van der Waals surface area contributed by atoms with Crippen LogP contribution < -0.4 is 33.2 Å². The molecule has 6 unspecified atom stereocenters. The van der Waals surface area contributed by atoms with Crippen LogP contribution in [0, 0.1) is 11.8 Å². The molecular formula is C27H45N7O6. The van der Waals surface area contributed by atoms with Crippen molar-refractivity contribution in [3.8, 4) is 5.75 Å². The second kappa shape index (κ2) is 17.0. The van der Waals surface area contributed by atoms with E-state index in [1.807, 2.05) is 20.8 Å². The van der Waals surface area contributed by atoms with Gasteiger partial charge in [-0.1, -0.05) is 52.7 Å². The van der Waals surface area contributed by atoms with E-state index in [9.17, 15) is 29.4 Å². The Morgan fingerprint density at radius 3 is 1.98 bits per heavy atom. The van der Waals surface area contributed by atoms with Gasteiger partial charge in [0.2, 0.25) is 17.7 Å². The molecule has 0 bridgehead atoms. The van der Waals surface area contributed by atoms with Crippen LogP contribution in [-0.4, -0.2) is 70.6 Å². The van der Waals surface area contributed by atoms with E-state index in [1.165, 1.54) is 12.1 Å². The van der Waals surface area contributed by atoms with E-state index in [0.29, 0.717) is 24.8 Å². The number of amides is 3. The lowest BCUT2D eigenvalue weighted by molar-refractivity contribution is -0.142. The van der Waals surface area contributed by atoms with Crippen LogP contribution >= 0.6 is 0 Å². The number of aliphatic imine (C=N–C) groups is 1. The average molecular weight is 564 g/mol. The van der Waals surface area contributed by atoms with Crippen LogP contribution in [0.2, 0.25) is 0 Å². The molecule has 40 heavy (non-hydrogen) atoms. The molecular weight excluding hydrogens is 518 g/mol. The van der Waals surface area contributed by atoms with Gasteiger partial charge >= 0.3 is 5.97 Å². The van der Waals surface area contributed by atoms with E-state index in [0.717, 1.165) is 0 Å². The normalized spacial score (nSPS) is 15.4. The Bertz CT molecular complexity index is 1010. The highest BCUT2D eigenvalue weighted by Crippen LogP contribution is 2.14. The van der Waals surface area contributed by atoms with Crippen LogP contribution in [0.1, 0.15) is 58.9 Å². The van der Waals surface area contributed by atoms with E-state index < -0.39 is 47.9 Å².